The maximum Gasteiger partial charge on any atom is 0.308 e. The number of rotatable bonds is 4. The van der Waals surface area contributed by atoms with Crippen LogP contribution in [0.25, 0.3) is 0 Å². The van der Waals surface area contributed by atoms with E-state index in [-0.39, 0.29) is 29.2 Å². The van der Waals surface area contributed by atoms with E-state index < -0.39 is 17.5 Å². The van der Waals surface area contributed by atoms with E-state index >= 15 is 0 Å². The van der Waals surface area contributed by atoms with Gasteiger partial charge < -0.3 is 14.2 Å². The molecule has 0 N–H and O–H groups in total. The number of carbonyl (C=O) groups excluding carboxylic acids is 3. The van der Waals surface area contributed by atoms with Crippen molar-refractivity contribution in [3.63, 3.8) is 0 Å². The van der Waals surface area contributed by atoms with E-state index in [2.05, 4.69) is 0 Å². The van der Waals surface area contributed by atoms with Crippen LogP contribution in [0.5, 0.6) is 5.75 Å². The Morgan fingerprint density at radius 1 is 1.19 bits per heavy atom. The zero-order chi connectivity index (χ0) is 15.6. The molecule has 0 saturated heterocycles. The van der Waals surface area contributed by atoms with Crippen LogP contribution in [0.15, 0.2) is 24.0 Å². The molecular weight excluding hydrogens is 276 g/mol. The molecule has 0 amide bonds. The third-order valence-corrected chi connectivity index (χ3v) is 2.92. The fourth-order valence-corrected chi connectivity index (χ4v) is 2.14. The average Bonchev–Trinajstić information content (AvgIpc) is 2.43. The molecular formula is C15H14O6. The van der Waals surface area contributed by atoms with Gasteiger partial charge in [-0.1, -0.05) is 0 Å². The van der Waals surface area contributed by atoms with Crippen LogP contribution in [-0.4, -0.2) is 31.8 Å². The zero-order valence-corrected chi connectivity index (χ0v) is 11.9. The van der Waals surface area contributed by atoms with Crippen LogP contribution in [0.1, 0.15) is 33.2 Å². The van der Waals surface area contributed by atoms with Crippen LogP contribution in [0.2, 0.25) is 0 Å². The van der Waals surface area contributed by atoms with Crippen molar-refractivity contribution in [2.75, 3.05) is 14.2 Å². The van der Waals surface area contributed by atoms with Crippen LogP contribution in [0.3, 0.4) is 0 Å². The van der Waals surface area contributed by atoms with Crippen molar-refractivity contribution < 1.29 is 28.6 Å². The third-order valence-electron chi connectivity index (χ3n) is 2.92. The highest BCUT2D eigenvalue weighted by molar-refractivity contribution is 6.25. The van der Waals surface area contributed by atoms with Gasteiger partial charge in [-0.15, -0.1) is 0 Å². The smallest absolute Gasteiger partial charge is 0.308 e. The Hall–Kier alpha value is -2.47. The molecule has 110 valence electrons. The van der Waals surface area contributed by atoms with E-state index in [1.807, 2.05) is 0 Å². The molecule has 0 bridgehead atoms. The summed E-state index contributed by atoms with van der Waals surface area (Å²) in [6.07, 6.45) is 1.00. The number of methoxy groups -OCH3 is 2. The Labute approximate surface area is 121 Å². The molecule has 1 aromatic carbocycles. The van der Waals surface area contributed by atoms with Gasteiger partial charge in [-0.25, -0.2) is 0 Å². The first-order valence-electron chi connectivity index (χ1n) is 6.17. The predicted molar refractivity (Wildman–Crippen MR) is 72.2 cm³/mol. The molecule has 0 heterocycles. The van der Waals surface area contributed by atoms with Gasteiger partial charge in [0, 0.05) is 25.7 Å². The summed E-state index contributed by atoms with van der Waals surface area (Å²) in [4.78, 5) is 35.5. The van der Waals surface area contributed by atoms with Crippen LogP contribution in [-0.2, 0) is 20.9 Å². The van der Waals surface area contributed by atoms with Crippen molar-refractivity contribution in [3.05, 3.63) is 40.7 Å². The highest BCUT2D eigenvalue weighted by atomic mass is 16.5. The van der Waals surface area contributed by atoms with Crippen molar-refractivity contribution in [2.45, 2.75) is 13.5 Å². The van der Waals surface area contributed by atoms with Gasteiger partial charge in [0.05, 0.1) is 19.3 Å². The molecule has 6 heteroatoms. The number of carbonyl (C=O) groups is 3. The molecule has 21 heavy (non-hydrogen) atoms. The monoisotopic (exact) mass is 290 g/mol. The summed E-state index contributed by atoms with van der Waals surface area (Å²) in [6, 6.07) is 3.18. The summed E-state index contributed by atoms with van der Waals surface area (Å²) in [7, 11) is 2.93. The van der Waals surface area contributed by atoms with Crippen LogP contribution in [0, 0.1) is 0 Å². The van der Waals surface area contributed by atoms with E-state index in [4.69, 9.17) is 14.2 Å². The number of ketones is 2. The molecule has 1 aliphatic carbocycles. The standard InChI is InChI=1S/C15H14O6/c1-8(16)21-13-6-11(17)14-10(15(13)18)4-9(7-19-2)5-12(14)20-3/h4-6H,7H2,1-3H3. The molecule has 0 saturated carbocycles. The minimum absolute atomic E-state index is 0.144. The average molecular weight is 290 g/mol. The van der Waals surface area contributed by atoms with E-state index in [1.165, 1.54) is 20.3 Å². The van der Waals surface area contributed by atoms with Crippen molar-refractivity contribution in [2.24, 2.45) is 0 Å². The molecule has 0 radical (unpaired) electrons. The minimum atomic E-state index is -0.661. The second-order valence-electron chi connectivity index (χ2n) is 4.45. The number of hydrogen-bond donors (Lipinski definition) is 0. The Morgan fingerprint density at radius 2 is 1.90 bits per heavy atom. The largest absolute Gasteiger partial charge is 0.496 e. The highest BCUT2D eigenvalue weighted by Crippen LogP contribution is 2.31. The number of esters is 1. The fourth-order valence-electron chi connectivity index (χ4n) is 2.14. The molecule has 0 atom stereocenters. The Bertz CT molecular complexity index is 656. The van der Waals surface area contributed by atoms with Gasteiger partial charge in [0.2, 0.25) is 5.78 Å². The number of Topliss-reactive ketones (excluding diaryl/α,β-unsaturated/α-hetero) is 1. The fraction of sp³-hybridized carbons (Fsp3) is 0.267. The molecule has 1 aliphatic rings. The van der Waals surface area contributed by atoms with Crippen molar-refractivity contribution in [1.29, 1.82) is 0 Å². The first kappa shape index (κ1) is 14.9. The van der Waals surface area contributed by atoms with Gasteiger partial charge in [0.1, 0.15) is 5.75 Å². The van der Waals surface area contributed by atoms with Gasteiger partial charge in [0.25, 0.3) is 0 Å². The molecule has 6 nitrogen and oxygen atoms in total. The highest BCUT2D eigenvalue weighted by Gasteiger charge is 2.31. The molecule has 0 aliphatic heterocycles. The molecule has 1 aromatic rings. The summed E-state index contributed by atoms with van der Waals surface area (Å²) >= 11 is 0. The number of ether oxygens (including phenoxy) is 3. The molecule has 0 fully saturated rings. The quantitative estimate of drug-likeness (QED) is 0.785. The van der Waals surface area contributed by atoms with Crippen molar-refractivity contribution in [3.8, 4) is 5.75 Å². The maximum absolute atomic E-state index is 12.3. The topological polar surface area (TPSA) is 78.9 Å². The lowest BCUT2D eigenvalue weighted by molar-refractivity contribution is -0.136. The second kappa shape index (κ2) is 5.88. The van der Waals surface area contributed by atoms with Crippen LogP contribution < -0.4 is 4.74 Å². The number of allylic oxidation sites excluding steroid dienone is 2. The molecule has 2 rings (SSSR count). The summed E-state index contributed by atoms with van der Waals surface area (Å²) in [5, 5.41) is 0. The van der Waals surface area contributed by atoms with Gasteiger partial charge in [-0.3, -0.25) is 14.4 Å². The zero-order valence-electron chi connectivity index (χ0n) is 11.9. The lowest BCUT2D eigenvalue weighted by Gasteiger charge is -2.18. The summed E-state index contributed by atoms with van der Waals surface area (Å²) < 4.78 is 15.0. The molecule has 0 unspecified atom stereocenters. The number of benzene rings is 1. The van der Waals surface area contributed by atoms with Gasteiger partial charge in [0.15, 0.2) is 11.5 Å². The first-order chi connectivity index (χ1) is 9.97. The van der Waals surface area contributed by atoms with Crippen molar-refractivity contribution >= 4 is 17.5 Å². The van der Waals surface area contributed by atoms with E-state index in [9.17, 15) is 14.4 Å². The maximum atomic E-state index is 12.3. The number of fused-ring (bicyclic) bond motifs is 1. The van der Waals surface area contributed by atoms with Crippen molar-refractivity contribution in [1.82, 2.24) is 0 Å². The predicted octanol–water partition coefficient (Wildman–Crippen LogP) is 1.67. The first-order valence-corrected chi connectivity index (χ1v) is 6.17. The second-order valence-corrected chi connectivity index (χ2v) is 4.45. The SMILES string of the molecule is COCc1cc(OC)c2c(c1)C(=O)C(OC(C)=O)=CC2=O. The lowest BCUT2D eigenvalue weighted by atomic mass is 9.91. The lowest BCUT2D eigenvalue weighted by Crippen LogP contribution is -2.21. The third kappa shape index (κ3) is 2.85. The van der Waals surface area contributed by atoms with E-state index in [0.29, 0.717) is 5.56 Å². The van der Waals surface area contributed by atoms with Crippen LogP contribution >= 0.6 is 0 Å². The Kier molecular flexibility index (Phi) is 4.18. The summed E-state index contributed by atoms with van der Waals surface area (Å²) in [5.41, 5.74) is 0.988. The molecule has 0 spiro atoms. The van der Waals surface area contributed by atoms with Gasteiger partial charge in [-0.2, -0.15) is 0 Å². The Balaban J connectivity index is 2.56. The van der Waals surface area contributed by atoms with Crippen LogP contribution in [0.4, 0.5) is 0 Å². The van der Waals surface area contributed by atoms with Gasteiger partial charge in [-0.05, 0) is 17.7 Å². The van der Waals surface area contributed by atoms with E-state index in [0.717, 1.165) is 13.0 Å². The summed E-state index contributed by atoms with van der Waals surface area (Å²) in [6.45, 7) is 1.42. The Morgan fingerprint density at radius 3 is 2.48 bits per heavy atom. The molecule has 0 aromatic heterocycles. The number of hydrogen-bond acceptors (Lipinski definition) is 6. The minimum Gasteiger partial charge on any atom is -0.496 e. The normalized spacial score (nSPS) is 13.6. The summed E-state index contributed by atoms with van der Waals surface area (Å²) in [5.74, 6) is -1.63. The van der Waals surface area contributed by atoms with Gasteiger partial charge >= 0.3 is 5.97 Å². The van der Waals surface area contributed by atoms with E-state index in [1.54, 1.807) is 6.07 Å².